The van der Waals surface area contributed by atoms with E-state index in [-0.39, 0.29) is 41.0 Å². The average molecular weight is 466 g/mol. The Balaban J connectivity index is 1.52. The second-order valence-corrected chi connectivity index (χ2v) is 12.2. The fourth-order valence-electron chi connectivity index (χ4n) is 9.15. The number of carbonyl (C=O) groups excluding carboxylic acids is 1. The average Bonchev–Trinajstić information content (AvgIpc) is 3.15. The normalized spacial score (nSPS) is 47.8. The van der Waals surface area contributed by atoms with Gasteiger partial charge in [0.25, 0.3) is 0 Å². The van der Waals surface area contributed by atoms with Crippen molar-refractivity contribution in [2.45, 2.75) is 96.9 Å². The number of carbonyl (C=O) groups is 1. The van der Waals surface area contributed by atoms with Gasteiger partial charge in [-0.3, -0.25) is 4.79 Å². The zero-order chi connectivity index (χ0) is 24.0. The van der Waals surface area contributed by atoms with Gasteiger partial charge in [-0.2, -0.15) is 0 Å². The van der Waals surface area contributed by atoms with Crippen LogP contribution in [0.1, 0.15) is 78.6 Å². The van der Waals surface area contributed by atoms with E-state index < -0.39 is 0 Å². The van der Waals surface area contributed by atoms with E-state index in [1.165, 1.54) is 7.11 Å². The van der Waals surface area contributed by atoms with Crippen molar-refractivity contribution < 1.29 is 24.5 Å². The maximum Gasteiger partial charge on any atom is 0.305 e. The van der Waals surface area contributed by atoms with E-state index >= 15 is 0 Å². The van der Waals surface area contributed by atoms with E-state index in [2.05, 4.69) is 20.8 Å². The van der Waals surface area contributed by atoms with E-state index in [0.717, 1.165) is 51.4 Å². The third-order valence-corrected chi connectivity index (χ3v) is 11.0. The maximum absolute atomic E-state index is 11.7. The zero-order valence-corrected chi connectivity index (χ0v) is 21.2. The van der Waals surface area contributed by atoms with Gasteiger partial charge in [0.2, 0.25) is 0 Å². The minimum Gasteiger partial charge on any atom is -0.469 e. The molecule has 0 saturated heterocycles. The van der Waals surface area contributed by atoms with Crippen LogP contribution < -0.4 is 5.73 Å². The van der Waals surface area contributed by atoms with Gasteiger partial charge in [-0.05, 0) is 97.7 Å². The highest BCUT2D eigenvalue weighted by molar-refractivity contribution is 5.69. The second kappa shape index (κ2) is 9.75. The number of hydrogen-bond acceptors (Lipinski definition) is 6. The standard InChI is InChI=1S/C27H47NO5/c1-16(5-8-24(31)32-4)19-6-7-20-25-21(15-23(30)27(19,20)3)26(2)10-9-18(33-12-11-28)13-17(26)14-22(25)29/h16-23,25,29-30H,5-15,28H2,1-4H3. The van der Waals surface area contributed by atoms with Crippen LogP contribution in [0.5, 0.6) is 0 Å². The monoisotopic (exact) mass is 465 g/mol. The first-order valence-corrected chi connectivity index (χ1v) is 13.4. The van der Waals surface area contributed by atoms with Crippen molar-refractivity contribution in [1.29, 1.82) is 0 Å². The molecule has 190 valence electrons. The van der Waals surface area contributed by atoms with Gasteiger partial charge in [0.15, 0.2) is 0 Å². The highest BCUT2D eigenvalue weighted by atomic mass is 16.5. The van der Waals surface area contributed by atoms with Gasteiger partial charge in [0, 0.05) is 13.0 Å². The third kappa shape index (κ3) is 4.28. The quantitative estimate of drug-likeness (QED) is 0.497. The lowest BCUT2D eigenvalue weighted by Gasteiger charge is -2.63. The molecule has 4 aliphatic rings. The number of hydrogen-bond donors (Lipinski definition) is 3. The Morgan fingerprint density at radius 3 is 2.58 bits per heavy atom. The summed E-state index contributed by atoms with van der Waals surface area (Å²) >= 11 is 0. The molecule has 0 bridgehead atoms. The molecule has 6 heteroatoms. The van der Waals surface area contributed by atoms with Crippen LogP contribution in [0.3, 0.4) is 0 Å². The van der Waals surface area contributed by atoms with Crippen LogP contribution in [-0.4, -0.2) is 54.8 Å². The summed E-state index contributed by atoms with van der Waals surface area (Å²) < 4.78 is 10.9. The SMILES string of the molecule is COC(=O)CCC(C)C1CCC2C3C(O)CC4CC(OCCN)CCC4(C)C3CC(O)C12C. The van der Waals surface area contributed by atoms with E-state index in [4.69, 9.17) is 15.2 Å². The summed E-state index contributed by atoms with van der Waals surface area (Å²) in [4.78, 5) is 11.7. The number of methoxy groups -OCH3 is 1. The van der Waals surface area contributed by atoms with Crippen molar-refractivity contribution >= 4 is 5.97 Å². The molecular weight excluding hydrogens is 418 g/mol. The molecule has 0 aromatic carbocycles. The largest absolute Gasteiger partial charge is 0.469 e. The first-order valence-electron chi connectivity index (χ1n) is 13.4. The minimum absolute atomic E-state index is 0.154. The van der Waals surface area contributed by atoms with Crippen molar-refractivity contribution in [1.82, 2.24) is 0 Å². The highest BCUT2D eigenvalue weighted by Gasteiger charge is 2.65. The van der Waals surface area contributed by atoms with Crippen LogP contribution in [0.4, 0.5) is 0 Å². The van der Waals surface area contributed by atoms with Crippen molar-refractivity contribution in [3.05, 3.63) is 0 Å². The van der Waals surface area contributed by atoms with E-state index in [1.54, 1.807) is 0 Å². The predicted molar refractivity (Wildman–Crippen MR) is 127 cm³/mol. The molecule has 11 atom stereocenters. The molecule has 4 fully saturated rings. The maximum atomic E-state index is 11.7. The number of ether oxygens (including phenoxy) is 2. The fourth-order valence-corrected chi connectivity index (χ4v) is 9.15. The van der Waals surface area contributed by atoms with E-state index in [0.29, 0.717) is 49.2 Å². The van der Waals surface area contributed by atoms with Gasteiger partial charge >= 0.3 is 5.97 Å². The van der Waals surface area contributed by atoms with Gasteiger partial charge in [-0.1, -0.05) is 20.8 Å². The van der Waals surface area contributed by atoms with Crippen LogP contribution in [0, 0.1) is 46.3 Å². The van der Waals surface area contributed by atoms with Gasteiger partial charge in [-0.15, -0.1) is 0 Å². The van der Waals surface area contributed by atoms with Gasteiger partial charge in [-0.25, -0.2) is 0 Å². The molecule has 33 heavy (non-hydrogen) atoms. The molecule has 0 radical (unpaired) electrons. The molecule has 0 aromatic rings. The first kappa shape index (κ1) is 25.4. The highest BCUT2D eigenvalue weighted by Crippen LogP contribution is 2.68. The van der Waals surface area contributed by atoms with Crippen LogP contribution in [0.25, 0.3) is 0 Å². The number of aliphatic hydroxyl groups is 2. The number of aliphatic hydroxyl groups excluding tert-OH is 2. The van der Waals surface area contributed by atoms with Crippen LogP contribution >= 0.6 is 0 Å². The topological polar surface area (TPSA) is 102 Å². The lowest BCUT2D eigenvalue weighted by molar-refractivity contribution is -0.209. The molecule has 0 amide bonds. The summed E-state index contributed by atoms with van der Waals surface area (Å²) in [7, 11) is 1.45. The molecule has 0 heterocycles. The zero-order valence-electron chi connectivity index (χ0n) is 21.2. The van der Waals surface area contributed by atoms with Crippen LogP contribution in [-0.2, 0) is 14.3 Å². The number of nitrogens with two attached hydrogens (primary N) is 1. The molecule has 0 aromatic heterocycles. The van der Waals surface area contributed by atoms with Gasteiger partial charge in [0.1, 0.15) is 0 Å². The van der Waals surface area contributed by atoms with Crippen LogP contribution in [0.2, 0.25) is 0 Å². The Morgan fingerprint density at radius 2 is 1.88 bits per heavy atom. The first-order chi connectivity index (χ1) is 15.7. The Morgan fingerprint density at radius 1 is 1.12 bits per heavy atom. The third-order valence-electron chi connectivity index (χ3n) is 11.0. The fraction of sp³-hybridized carbons (Fsp3) is 0.963. The van der Waals surface area contributed by atoms with Gasteiger partial charge in [0.05, 0.1) is 32.0 Å². The minimum atomic E-state index is -0.356. The lowest BCUT2D eigenvalue weighted by Crippen LogP contribution is -2.62. The molecule has 4 aliphatic carbocycles. The van der Waals surface area contributed by atoms with Crippen molar-refractivity contribution in [3.8, 4) is 0 Å². The summed E-state index contributed by atoms with van der Waals surface area (Å²) in [5.41, 5.74) is 5.61. The molecule has 0 aliphatic heterocycles. The molecule has 4 N–H and O–H groups in total. The van der Waals surface area contributed by atoms with E-state index in [9.17, 15) is 15.0 Å². The van der Waals surface area contributed by atoms with Gasteiger partial charge < -0.3 is 25.4 Å². The molecule has 6 nitrogen and oxygen atoms in total. The Bertz CT molecular complexity index is 702. The molecule has 4 saturated carbocycles. The van der Waals surface area contributed by atoms with E-state index in [1.807, 2.05) is 0 Å². The molecule has 4 rings (SSSR count). The smallest absolute Gasteiger partial charge is 0.305 e. The Hall–Kier alpha value is -0.690. The summed E-state index contributed by atoms with van der Waals surface area (Å²) in [5.74, 6) is 1.98. The molecule has 0 spiro atoms. The Labute approximate surface area is 200 Å². The summed E-state index contributed by atoms with van der Waals surface area (Å²) in [6.07, 6.45) is 7.78. The predicted octanol–water partition coefficient (Wildman–Crippen LogP) is 3.52. The van der Waals surface area contributed by atoms with Crippen LogP contribution in [0.15, 0.2) is 0 Å². The molecule has 11 unspecified atom stereocenters. The second-order valence-electron chi connectivity index (χ2n) is 12.2. The Kier molecular flexibility index (Phi) is 7.51. The van der Waals surface area contributed by atoms with Crippen molar-refractivity contribution in [2.75, 3.05) is 20.3 Å². The lowest BCUT2D eigenvalue weighted by atomic mass is 9.43. The van der Waals surface area contributed by atoms with Crippen molar-refractivity contribution in [2.24, 2.45) is 52.1 Å². The molecular formula is C27H47NO5. The number of fused-ring (bicyclic) bond motifs is 5. The van der Waals surface area contributed by atoms with Crippen molar-refractivity contribution in [3.63, 3.8) is 0 Å². The summed E-state index contributed by atoms with van der Waals surface area (Å²) in [5, 5.41) is 23.2. The number of esters is 1. The number of rotatable bonds is 7. The summed E-state index contributed by atoms with van der Waals surface area (Å²) in [6, 6.07) is 0. The summed E-state index contributed by atoms with van der Waals surface area (Å²) in [6.45, 7) is 8.11.